The van der Waals surface area contributed by atoms with Gasteiger partial charge in [-0.15, -0.1) is 0 Å². The molecule has 1 saturated heterocycles. The molecule has 1 saturated carbocycles. The Morgan fingerprint density at radius 1 is 1.29 bits per heavy atom. The second kappa shape index (κ2) is 5.83. The number of ether oxygens (including phenoxy) is 2. The molecule has 0 aromatic heterocycles. The molecule has 0 bridgehead atoms. The van der Waals surface area contributed by atoms with Crippen LogP contribution in [0.4, 0.5) is 0 Å². The summed E-state index contributed by atoms with van der Waals surface area (Å²) in [5.74, 6) is -0.572. The zero-order chi connectivity index (χ0) is 12.3. The summed E-state index contributed by atoms with van der Waals surface area (Å²) in [7, 11) is 0. The summed E-state index contributed by atoms with van der Waals surface area (Å²) >= 11 is 0. The molecular formula is C13H22O4. The number of rotatable bonds is 4. The van der Waals surface area contributed by atoms with Crippen molar-refractivity contribution in [1.82, 2.24) is 0 Å². The van der Waals surface area contributed by atoms with Crippen LogP contribution in [0.5, 0.6) is 0 Å². The molecule has 1 aliphatic carbocycles. The van der Waals surface area contributed by atoms with E-state index in [9.17, 15) is 4.79 Å². The van der Waals surface area contributed by atoms with Crippen molar-refractivity contribution in [2.45, 2.75) is 51.2 Å². The summed E-state index contributed by atoms with van der Waals surface area (Å²) in [6.45, 7) is 3.62. The smallest absolute Gasteiger partial charge is 0.306 e. The highest BCUT2D eigenvalue weighted by Crippen LogP contribution is 2.37. The Bertz CT molecular complexity index is 260. The van der Waals surface area contributed by atoms with E-state index in [-0.39, 0.29) is 24.0 Å². The van der Waals surface area contributed by atoms with Gasteiger partial charge >= 0.3 is 5.97 Å². The largest absolute Gasteiger partial charge is 0.481 e. The van der Waals surface area contributed by atoms with E-state index in [4.69, 9.17) is 14.6 Å². The summed E-state index contributed by atoms with van der Waals surface area (Å²) in [5.41, 5.74) is 0. The van der Waals surface area contributed by atoms with Crippen LogP contribution in [0.2, 0.25) is 0 Å². The molecule has 2 rings (SSSR count). The minimum atomic E-state index is -0.657. The highest BCUT2D eigenvalue weighted by atomic mass is 16.5. The molecule has 1 aliphatic heterocycles. The van der Waals surface area contributed by atoms with Gasteiger partial charge in [0.15, 0.2) is 0 Å². The third kappa shape index (κ3) is 3.19. The number of aliphatic carboxylic acids is 1. The number of carbonyl (C=O) groups is 1. The number of hydrogen-bond donors (Lipinski definition) is 1. The van der Waals surface area contributed by atoms with Gasteiger partial charge in [-0.2, -0.15) is 0 Å². The van der Waals surface area contributed by atoms with Gasteiger partial charge in [-0.3, -0.25) is 4.79 Å². The monoisotopic (exact) mass is 242 g/mol. The van der Waals surface area contributed by atoms with Crippen LogP contribution in [0.1, 0.15) is 39.0 Å². The van der Waals surface area contributed by atoms with Gasteiger partial charge in [0.2, 0.25) is 0 Å². The average Bonchev–Trinajstić information content (AvgIpc) is 2.73. The van der Waals surface area contributed by atoms with E-state index in [1.165, 1.54) is 0 Å². The first-order chi connectivity index (χ1) is 8.20. The quantitative estimate of drug-likeness (QED) is 0.820. The Balaban J connectivity index is 1.84. The molecule has 0 unspecified atom stereocenters. The first-order valence-corrected chi connectivity index (χ1v) is 6.66. The summed E-state index contributed by atoms with van der Waals surface area (Å²) in [4.78, 5) is 11.1. The fourth-order valence-corrected chi connectivity index (χ4v) is 3.02. The first kappa shape index (κ1) is 12.8. The Kier molecular flexibility index (Phi) is 4.40. The van der Waals surface area contributed by atoms with E-state index in [0.717, 1.165) is 38.9 Å². The van der Waals surface area contributed by atoms with Crippen LogP contribution >= 0.6 is 0 Å². The fourth-order valence-electron chi connectivity index (χ4n) is 3.02. The lowest BCUT2D eigenvalue weighted by Gasteiger charge is -2.25. The second-order valence-corrected chi connectivity index (χ2v) is 5.15. The number of hydrogen-bond acceptors (Lipinski definition) is 3. The van der Waals surface area contributed by atoms with Crippen molar-refractivity contribution in [2.75, 3.05) is 13.2 Å². The van der Waals surface area contributed by atoms with Gasteiger partial charge in [0.05, 0.1) is 18.1 Å². The third-order valence-electron chi connectivity index (χ3n) is 4.05. The fraction of sp³-hybridized carbons (Fsp3) is 0.923. The zero-order valence-corrected chi connectivity index (χ0v) is 10.4. The van der Waals surface area contributed by atoms with E-state index in [1.54, 1.807) is 0 Å². The Hall–Kier alpha value is -0.610. The summed E-state index contributed by atoms with van der Waals surface area (Å²) in [5, 5.41) is 9.16. The maximum absolute atomic E-state index is 11.1. The molecule has 1 heterocycles. The van der Waals surface area contributed by atoms with Crippen LogP contribution < -0.4 is 0 Å². The SMILES string of the molecule is CC[C@@H]1C[C@H](OC2CCOCC2)C[C@H]1C(=O)O. The normalized spacial score (nSPS) is 35.0. The van der Waals surface area contributed by atoms with E-state index >= 15 is 0 Å². The standard InChI is InChI=1S/C13H22O4/c1-2-9-7-11(8-12(9)13(14)15)17-10-3-5-16-6-4-10/h9-12H,2-8H2,1H3,(H,14,15)/t9-,11+,12-/m1/s1. The van der Waals surface area contributed by atoms with Crippen LogP contribution in [0.3, 0.4) is 0 Å². The van der Waals surface area contributed by atoms with Crippen LogP contribution in [0, 0.1) is 11.8 Å². The molecule has 98 valence electrons. The van der Waals surface area contributed by atoms with Crippen LogP contribution in [-0.4, -0.2) is 36.5 Å². The van der Waals surface area contributed by atoms with Gasteiger partial charge in [-0.1, -0.05) is 13.3 Å². The summed E-state index contributed by atoms with van der Waals surface area (Å²) < 4.78 is 11.3. The Labute approximate surface area is 102 Å². The molecule has 2 fully saturated rings. The van der Waals surface area contributed by atoms with Gasteiger partial charge in [-0.25, -0.2) is 0 Å². The maximum atomic E-state index is 11.1. The van der Waals surface area contributed by atoms with Gasteiger partial charge in [0.25, 0.3) is 0 Å². The maximum Gasteiger partial charge on any atom is 0.306 e. The van der Waals surface area contributed by atoms with E-state index in [2.05, 4.69) is 6.92 Å². The second-order valence-electron chi connectivity index (χ2n) is 5.15. The summed E-state index contributed by atoms with van der Waals surface area (Å²) in [6, 6.07) is 0. The van der Waals surface area contributed by atoms with Crippen LogP contribution in [0.15, 0.2) is 0 Å². The van der Waals surface area contributed by atoms with Gasteiger partial charge in [-0.05, 0) is 31.6 Å². The van der Waals surface area contributed by atoms with Crippen molar-refractivity contribution in [2.24, 2.45) is 11.8 Å². The van der Waals surface area contributed by atoms with E-state index < -0.39 is 5.97 Å². The van der Waals surface area contributed by atoms with Crippen LogP contribution in [-0.2, 0) is 14.3 Å². The van der Waals surface area contributed by atoms with Crippen molar-refractivity contribution in [1.29, 1.82) is 0 Å². The Morgan fingerprint density at radius 3 is 2.53 bits per heavy atom. The zero-order valence-electron chi connectivity index (χ0n) is 10.4. The number of carboxylic acids is 1. The topological polar surface area (TPSA) is 55.8 Å². The predicted octanol–water partition coefficient (Wildman–Crippen LogP) is 2.07. The minimum Gasteiger partial charge on any atom is -0.481 e. The lowest BCUT2D eigenvalue weighted by Crippen LogP contribution is -2.27. The molecule has 3 atom stereocenters. The molecule has 0 aromatic rings. The highest BCUT2D eigenvalue weighted by molar-refractivity contribution is 5.70. The van der Waals surface area contributed by atoms with Gasteiger partial charge in [0.1, 0.15) is 0 Å². The van der Waals surface area contributed by atoms with Crippen molar-refractivity contribution in [3.05, 3.63) is 0 Å². The predicted molar refractivity (Wildman–Crippen MR) is 62.9 cm³/mol. The molecular weight excluding hydrogens is 220 g/mol. The minimum absolute atomic E-state index is 0.143. The van der Waals surface area contributed by atoms with Gasteiger partial charge in [0, 0.05) is 13.2 Å². The first-order valence-electron chi connectivity index (χ1n) is 6.66. The van der Waals surface area contributed by atoms with Crippen molar-refractivity contribution < 1.29 is 19.4 Å². The molecule has 4 heteroatoms. The molecule has 2 aliphatic rings. The van der Waals surface area contributed by atoms with E-state index in [0.29, 0.717) is 6.42 Å². The highest BCUT2D eigenvalue weighted by Gasteiger charge is 2.39. The molecule has 0 spiro atoms. The molecule has 1 N–H and O–H groups in total. The lowest BCUT2D eigenvalue weighted by molar-refractivity contribution is -0.143. The van der Waals surface area contributed by atoms with Gasteiger partial charge < -0.3 is 14.6 Å². The molecule has 0 aromatic carbocycles. The third-order valence-corrected chi connectivity index (χ3v) is 4.05. The van der Waals surface area contributed by atoms with E-state index in [1.807, 2.05) is 0 Å². The van der Waals surface area contributed by atoms with Crippen LogP contribution in [0.25, 0.3) is 0 Å². The molecule has 4 nitrogen and oxygen atoms in total. The molecule has 0 radical (unpaired) electrons. The summed E-state index contributed by atoms with van der Waals surface area (Å²) in [6.07, 6.45) is 4.85. The van der Waals surface area contributed by atoms with Crippen molar-refractivity contribution in [3.63, 3.8) is 0 Å². The number of carboxylic acid groups (broad SMARTS) is 1. The molecule has 0 amide bonds. The lowest BCUT2D eigenvalue weighted by atomic mass is 9.94. The van der Waals surface area contributed by atoms with Crippen molar-refractivity contribution >= 4 is 5.97 Å². The Morgan fingerprint density at radius 2 is 2.00 bits per heavy atom. The average molecular weight is 242 g/mol. The van der Waals surface area contributed by atoms with Crippen molar-refractivity contribution in [3.8, 4) is 0 Å². The molecule has 17 heavy (non-hydrogen) atoms.